The first-order valence-corrected chi connectivity index (χ1v) is 11.3. The molecule has 7 nitrogen and oxygen atoms in total. The van der Waals surface area contributed by atoms with Crippen molar-refractivity contribution in [2.24, 2.45) is 5.41 Å². The van der Waals surface area contributed by atoms with E-state index in [9.17, 15) is 4.79 Å². The van der Waals surface area contributed by atoms with Gasteiger partial charge in [-0.05, 0) is 48.9 Å². The van der Waals surface area contributed by atoms with Crippen LogP contribution in [0.25, 0.3) is 11.4 Å². The second kappa shape index (κ2) is 9.57. The number of amides is 1. The maximum absolute atomic E-state index is 13.2. The molecule has 2 aromatic heterocycles. The zero-order valence-electron chi connectivity index (χ0n) is 19.5. The number of hydrogen-bond acceptors (Lipinski definition) is 6. The summed E-state index contributed by atoms with van der Waals surface area (Å²) in [4.78, 5) is 26.7. The SMILES string of the molecule is CC[C@@H](Oc1ccccc1OC)C(=O)N[C@H]1CC(C)(C)Cc2nc(-c3ccncc3)ncc21. The summed E-state index contributed by atoms with van der Waals surface area (Å²) in [5.74, 6) is 1.67. The molecular formula is C26H30N4O3. The van der Waals surface area contributed by atoms with Crippen molar-refractivity contribution in [1.82, 2.24) is 20.3 Å². The predicted molar refractivity (Wildman–Crippen MR) is 126 cm³/mol. The number of nitrogens with zero attached hydrogens (tertiary/aromatic N) is 3. The summed E-state index contributed by atoms with van der Waals surface area (Å²) >= 11 is 0. The van der Waals surface area contributed by atoms with E-state index in [1.54, 1.807) is 19.5 Å². The standard InChI is InChI=1S/C26H30N4O3/c1-5-21(33-23-9-7-6-8-22(23)32-4)25(31)30-20-15-26(2,3)14-19-18(20)16-28-24(29-19)17-10-12-27-13-11-17/h6-13,16,20-21H,5,14-15H2,1-4H3,(H,30,31)/t20-,21+/m0/s1. The molecule has 33 heavy (non-hydrogen) atoms. The molecule has 0 bridgehead atoms. The number of carbonyl (C=O) groups is 1. The minimum absolute atomic E-state index is 0.0139. The van der Waals surface area contributed by atoms with E-state index in [1.807, 2.05) is 49.5 Å². The smallest absolute Gasteiger partial charge is 0.261 e. The molecule has 0 fully saturated rings. The average Bonchev–Trinajstić information content (AvgIpc) is 2.82. The minimum atomic E-state index is -0.633. The van der Waals surface area contributed by atoms with E-state index in [4.69, 9.17) is 14.5 Å². The lowest BCUT2D eigenvalue weighted by molar-refractivity contribution is -0.129. The predicted octanol–water partition coefficient (Wildman–Crippen LogP) is 4.53. The fourth-order valence-corrected chi connectivity index (χ4v) is 4.27. The normalized spacial score (nSPS) is 17.5. The number of methoxy groups -OCH3 is 1. The van der Waals surface area contributed by atoms with Crippen LogP contribution in [-0.4, -0.2) is 34.1 Å². The van der Waals surface area contributed by atoms with Gasteiger partial charge in [-0.15, -0.1) is 0 Å². The lowest BCUT2D eigenvalue weighted by Gasteiger charge is -2.37. The van der Waals surface area contributed by atoms with Crippen LogP contribution >= 0.6 is 0 Å². The Bertz CT molecular complexity index is 1120. The third-order valence-electron chi connectivity index (χ3n) is 5.93. The highest BCUT2D eigenvalue weighted by atomic mass is 16.5. The first-order valence-electron chi connectivity index (χ1n) is 11.3. The van der Waals surface area contributed by atoms with E-state index in [1.165, 1.54) is 0 Å². The lowest BCUT2D eigenvalue weighted by atomic mass is 9.74. The largest absolute Gasteiger partial charge is 0.493 e. The van der Waals surface area contributed by atoms with Crippen LogP contribution in [-0.2, 0) is 11.2 Å². The summed E-state index contributed by atoms with van der Waals surface area (Å²) in [5, 5.41) is 3.20. The van der Waals surface area contributed by atoms with Crippen LogP contribution in [0.5, 0.6) is 11.5 Å². The van der Waals surface area contributed by atoms with E-state index in [0.29, 0.717) is 23.7 Å². The molecule has 2 heterocycles. The third-order valence-corrected chi connectivity index (χ3v) is 5.93. The van der Waals surface area contributed by atoms with Gasteiger partial charge in [-0.25, -0.2) is 9.97 Å². The number of hydrogen-bond donors (Lipinski definition) is 1. The number of benzene rings is 1. The van der Waals surface area contributed by atoms with Gasteiger partial charge in [0.1, 0.15) is 0 Å². The average molecular weight is 447 g/mol. The maximum Gasteiger partial charge on any atom is 0.261 e. The first-order chi connectivity index (χ1) is 15.9. The summed E-state index contributed by atoms with van der Waals surface area (Å²) in [6.07, 6.45) is 6.84. The highest BCUT2D eigenvalue weighted by molar-refractivity contribution is 5.81. The summed E-state index contributed by atoms with van der Waals surface area (Å²) < 4.78 is 11.4. The molecule has 1 aromatic carbocycles. The van der Waals surface area contributed by atoms with Crippen molar-refractivity contribution in [2.45, 2.75) is 52.2 Å². The van der Waals surface area contributed by atoms with Crippen molar-refractivity contribution in [3.05, 3.63) is 66.2 Å². The molecule has 172 valence electrons. The molecule has 1 aliphatic carbocycles. The zero-order valence-corrected chi connectivity index (χ0v) is 19.5. The Kier molecular flexibility index (Phi) is 6.58. The van der Waals surface area contributed by atoms with Crippen LogP contribution in [0.4, 0.5) is 0 Å². The molecule has 1 N–H and O–H groups in total. The number of carbonyl (C=O) groups excluding carboxylic acids is 1. The van der Waals surface area contributed by atoms with Gasteiger partial charge in [0.05, 0.1) is 18.8 Å². The van der Waals surface area contributed by atoms with Crippen LogP contribution < -0.4 is 14.8 Å². The Morgan fingerprint density at radius 3 is 2.61 bits per heavy atom. The molecule has 0 unspecified atom stereocenters. The summed E-state index contributed by atoms with van der Waals surface area (Å²) in [5.41, 5.74) is 2.85. The van der Waals surface area contributed by atoms with Gasteiger partial charge in [0.2, 0.25) is 0 Å². The van der Waals surface area contributed by atoms with Gasteiger partial charge in [0.25, 0.3) is 5.91 Å². The molecule has 0 radical (unpaired) electrons. The van der Waals surface area contributed by atoms with Crippen molar-refractivity contribution < 1.29 is 14.3 Å². The molecule has 2 atom stereocenters. The fraction of sp³-hybridized carbons (Fsp3) is 0.385. The Balaban J connectivity index is 1.57. The van der Waals surface area contributed by atoms with E-state index in [0.717, 1.165) is 29.7 Å². The van der Waals surface area contributed by atoms with Crippen LogP contribution in [0.1, 0.15) is 50.9 Å². The van der Waals surface area contributed by atoms with E-state index < -0.39 is 6.10 Å². The van der Waals surface area contributed by atoms with Gasteiger partial charge in [-0.1, -0.05) is 32.9 Å². The number of rotatable bonds is 7. The summed E-state index contributed by atoms with van der Waals surface area (Å²) in [6.45, 7) is 6.33. The van der Waals surface area contributed by atoms with Crippen molar-refractivity contribution >= 4 is 5.91 Å². The number of fused-ring (bicyclic) bond motifs is 1. The quantitative estimate of drug-likeness (QED) is 0.574. The highest BCUT2D eigenvalue weighted by Gasteiger charge is 2.35. The van der Waals surface area contributed by atoms with Crippen molar-refractivity contribution in [3.63, 3.8) is 0 Å². The molecule has 1 aliphatic rings. The van der Waals surface area contributed by atoms with E-state index in [-0.39, 0.29) is 17.4 Å². The Hall–Kier alpha value is -3.48. The van der Waals surface area contributed by atoms with Crippen LogP contribution in [0, 0.1) is 5.41 Å². The van der Waals surface area contributed by atoms with Gasteiger partial charge in [-0.3, -0.25) is 9.78 Å². The minimum Gasteiger partial charge on any atom is -0.493 e. The molecule has 0 spiro atoms. The van der Waals surface area contributed by atoms with Gasteiger partial charge in [0, 0.05) is 29.7 Å². The van der Waals surface area contributed by atoms with Gasteiger partial charge >= 0.3 is 0 Å². The molecule has 0 aliphatic heterocycles. The van der Waals surface area contributed by atoms with Crippen molar-refractivity contribution in [1.29, 1.82) is 0 Å². The molecule has 0 saturated carbocycles. The number of para-hydroxylation sites is 2. The second-order valence-electron chi connectivity index (χ2n) is 9.10. The monoisotopic (exact) mass is 446 g/mol. The van der Waals surface area contributed by atoms with Crippen molar-refractivity contribution in [2.75, 3.05) is 7.11 Å². The Labute approximate surface area is 194 Å². The summed E-state index contributed by atoms with van der Waals surface area (Å²) in [6, 6.07) is 11.0. The Morgan fingerprint density at radius 1 is 1.18 bits per heavy atom. The molecule has 4 rings (SSSR count). The molecule has 1 amide bonds. The van der Waals surface area contributed by atoms with Crippen molar-refractivity contribution in [3.8, 4) is 22.9 Å². The van der Waals surface area contributed by atoms with E-state index in [2.05, 4.69) is 29.1 Å². The van der Waals surface area contributed by atoms with Crippen LogP contribution in [0.15, 0.2) is 55.0 Å². The Morgan fingerprint density at radius 2 is 1.91 bits per heavy atom. The summed E-state index contributed by atoms with van der Waals surface area (Å²) in [7, 11) is 1.59. The number of nitrogens with one attached hydrogen (secondary N) is 1. The molecular weight excluding hydrogens is 416 g/mol. The maximum atomic E-state index is 13.2. The fourth-order valence-electron chi connectivity index (χ4n) is 4.27. The molecule has 7 heteroatoms. The highest BCUT2D eigenvalue weighted by Crippen LogP contribution is 2.40. The molecule has 3 aromatic rings. The zero-order chi connectivity index (χ0) is 23.4. The number of aromatic nitrogens is 3. The second-order valence-corrected chi connectivity index (χ2v) is 9.10. The van der Waals surface area contributed by atoms with E-state index >= 15 is 0 Å². The van der Waals surface area contributed by atoms with Gasteiger partial charge in [-0.2, -0.15) is 0 Å². The first kappa shape index (κ1) is 22.7. The van der Waals surface area contributed by atoms with Gasteiger partial charge in [0.15, 0.2) is 23.4 Å². The van der Waals surface area contributed by atoms with Crippen LogP contribution in [0.2, 0.25) is 0 Å². The topological polar surface area (TPSA) is 86.2 Å². The lowest BCUT2D eigenvalue weighted by Crippen LogP contribution is -2.43. The molecule has 0 saturated heterocycles. The van der Waals surface area contributed by atoms with Crippen LogP contribution in [0.3, 0.4) is 0 Å². The third kappa shape index (κ3) is 5.13. The van der Waals surface area contributed by atoms with Gasteiger partial charge < -0.3 is 14.8 Å². The number of ether oxygens (including phenoxy) is 2. The number of pyridine rings is 1.